The third-order valence-corrected chi connectivity index (χ3v) is 4.75. The van der Waals surface area contributed by atoms with Gasteiger partial charge in [0.25, 0.3) is 0 Å². The fourth-order valence-corrected chi connectivity index (χ4v) is 3.38. The molecule has 2 aliphatic rings. The quantitative estimate of drug-likeness (QED) is 0.914. The molecular formula is C16H18FNO4. The van der Waals surface area contributed by atoms with Crippen LogP contribution in [-0.4, -0.2) is 48.2 Å². The molecule has 0 unspecified atom stereocenters. The van der Waals surface area contributed by atoms with Crippen molar-refractivity contribution in [3.63, 3.8) is 0 Å². The van der Waals surface area contributed by atoms with Crippen molar-refractivity contribution >= 4 is 11.9 Å². The monoisotopic (exact) mass is 307 g/mol. The highest BCUT2D eigenvalue weighted by Gasteiger charge is 2.54. The fourth-order valence-electron chi connectivity index (χ4n) is 3.38. The van der Waals surface area contributed by atoms with Crippen molar-refractivity contribution in [2.75, 3.05) is 26.3 Å². The third-order valence-electron chi connectivity index (χ3n) is 4.75. The van der Waals surface area contributed by atoms with E-state index in [1.165, 1.54) is 12.1 Å². The number of hydrogen-bond acceptors (Lipinski definition) is 3. The van der Waals surface area contributed by atoms with Gasteiger partial charge in [-0.1, -0.05) is 12.1 Å². The Labute approximate surface area is 127 Å². The van der Waals surface area contributed by atoms with Crippen molar-refractivity contribution < 1.29 is 23.8 Å². The highest BCUT2D eigenvalue weighted by Crippen LogP contribution is 2.42. The number of fused-ring (bicyclic) bond motifs is 1. The van der Waals surface area contributed by atoms with Gasteiger partial charge in [0.15, 0.2) is 0 Å². The van der Waals surface area contributed by atoms with Crippen LogP contribution >= 0.6 is 0 Å². The summed E-state index contributed by atoms with van der Waals surface area (Å²) in [4.78, 5) is 25.7. The molecule has 1 amide bonds. The lowest BCUT2D eigenvalue weighted by Gasteiger charge is -2.33. The summed E-state index contributed by atoms with van der Waals surface area (Å²) in [6.45, 7) is 1.44. The van der Waals surface area contributed by atoms with Crippen molar-refractivity contribution in [2.24, 2.45) is 11.3 Å². The Kier molecular flexibility index (Phi) is 3.87. The van der Waals surface area contributed by atoms with Gasteiger partial charge in [-0.2, -0.15) is 0 Å². The lowest BCUT2D eigenvalue weighted by molar-refractivity contribution is -0.157. The minimum atomic E-state index is -0.878. The Hall–Kier alpha value is -1.95. The number of carbonyl (C=O) groups is 2. The van der Waals surface area contributed by atoms with E-state index in [4.69, 9.17) is 4.74 Å². The normalized spacial score (nSPS) is 27.5. The number of benzene rings is 1. The van der Waals surface area contributed by atoms with Crippen LogP contribution in [0.4, 0.5) is 4.39 Å². The third kappa shape index (κ3) is 2.59. The lowest BCUT2D eigenvalue weighted by Crippen LogP contribution is -2.45. The number of ether oxygens (including phenoxy) is 1. The molecule has 2 fully saturated rings. The fraction of sp³-hybridized carbons (Fsp3) is 0.500. The molecule has 0 radical (unpaired) electrons. The van der Waals surface area contributed by atoms with E-state index in [9.17, 15) is 19.1 Å². The van der Waals surface area contributed by atoms with Gasteiger partial charge in [-0.3, -0.25) is 9.59 Å². The first-order valence-electron chi connectivity index (χ1n) is 7.35. The zero-order chi connectivity index (χ0) is 15.7. The second kappa shape index (κ2) is 5.68. The Morgan fingerprint density at radius 1 is 1.36 bits per heavy atom. The van der Waals surface area contributed by atoms with Crippen molar-refractivity contribution in [2.45, 2.75) is 12.8 Å². The van der Waals surface area contributed by atoms with Crippen molar-refractivity contribution in [3.05, 3.63) is 35.6 Å². The average Bonchev–Trinajstić information content (AvgIpc) is 2.91. The number of halogens is 1. The number of carboxylic acid groups (broad SMARTS) is 1. The number of nitrogens with zero attached hydrogens (tertiary/aromatic N) is 1. The second-order valence-corrected chi connectivity index (χ2v) is 6.06. The Bertz CT molecular complexity index is 588. The molecule has 0 aliphatic carbocycles. The highest BCUT2D eigenvalue weighted by molar-refractivity contribution is 5.82. The molecule has 2 saturated heterocycles. The zero-order valence-electron chi connectivity index (χ0n) is 12.1. The van der Waals surface area contributed by atoms with Crippen molar-refractivity contribution in [1.82, 2.24) is 4.90 Å². The van der Waals surface area contributed by atoms with Gasteiger partial charge in [0, 0.05) is 25.6 Å². The van der Waals surface area contributed by atoms with Crippen molar-refractivity contribution in [1.29, 1.82) is 0 Å². The molecule has 5 nitrogen and oxygen atoms in total. The lowest BCUT2D eigenvalue weighted by atomic mass is 9.74. The van der Waals surface area contributed by atoms with E-state index in [0.717, 1.165) is 5.56 Å². The maximum absolute atomic E-state index is 12.9. The summed E-state index contributed by atoms with van der Waals surface area (Å²) < 4.78 is 18.3. The maximum Gasteiger partial charge on any atom is 0.311 e. The van der Waals surface area contributed by atoms with Crippen LogP contribution in [-0.2, 0) is 20.7 Å². The van der Waals surface area contributed by atoms with Crippen LogP contribution in [0.2, 0.25) is 0 Å². The number of likely N-dealkylation sites (tertiary alicyclic amines) is 1. The Morgan fingerprint density at radius 3 is 2.73 bits per heavy atom. The van der Waals surface area contributed by atoms with E-state index in [0.29, 0.717) is 26.2 Å². The molecular weight excluding hydrogens is 289 g/mol. The van der Waals surface area contributed by atoms with Crippen LogP contribution in [0.1, 0.15) is 12.0 Å². The van der Waals surface area contributed by atoms with E-state index >= 15 is 0 Å². The second-order valence-electron chi connectivity index (χ2n) is 6.06. The van der Waals surface area contributed by atoms with Crippen LogP contribution in [0.15, 0.2) is 24.3 Å². The topological polar surface area (TPSA) is 66.8 Å². The number of amides is 1. The van der Waals surface area contributed by atoms with E-state index in [-0.39, 0.29) is 30.6 Å². The van der Waals surface area contributed by atoms with Gasteiger partial charge in [0.05, 0.1) is 18.4 Å². The number of rotatable bonds is 3. The van der Waals surface area contributed by atoms with E-state index in [1.54, 1.807) is 17.0 Å². The number of carboxylic acids is 1. The molecule has 2 heterocycles. The minimum Gasteiger partial charge on any atom is -0.481 e. The SMILES string of the molecule is O=C(Cc1ccc(F)cc1)N1C[C@@H]2COCC[C@]2(C(=O)O)C1. The molecule has 2 aliphatic heterocycles. The van der Waals surface area contributed by atoms with Crippen LogP contribution < -0.4 is 0 Å². The molecule has 6 heteroatoms. The molecule has 3 rings (SSSR count). The number of hydrogen-bond donors (Lipinski definition) is 1. The Morgan fingerprint density at radius 2 is 2.09 bits per heavy atom. The molecule has 118 valence electrons. The molecule has 1 N–H and O–H groups in total. The van der Waals surface area contributed by atoms with E-state index in [2.05, 4.69) is 0 Å². The molecule has 0 bridgehead atoms. The van der Waals surface area contributed by atoms with Gasteiger partial charge >= 0.3 is 5.97 Å². The molecule has 0 spiro atoms. The smallest absolute Gasteiger partial charge is 0.311 e. The molecule has 0 saturated carbocycles. The summed E-state index contributed by atoms with van der Waals surface area (Å²) in [6, 6.07) is 5.79. The zero-order valence-corrected chi connectivity index (χ0v) is 12.1. The summed E-state index contributed by atoms with van der Waals surface area (Å²) in [6.07, 6.45) is 0.594. The molecule has 2 atom stereocenters. The van der Waals surface area contributed by atoms with Crippen LogP contribution in [0, 0.1) is 17.2 Å². The summed E-state index contributed by atoms with van der Waals surface area (Å²) in [7, 11) is 0. The van der Waals surface area contributed by atoms with Crippen LogP contribution in [0.5, 0.6) is 0 Å². The maximum atomic E-state index is 12.9. The van der Waals surface area contributed by atoms with Crippen molar-refractivity contribution in [3.8, 4) is 0 Å². The first-order chi connectivity index (χ1) is 10.5. The van der Waals surface area contributed by atoms with Gasteiger partial charge in [0.2, 0.25) is 5.91 Å². The standard InChI is InChI=1S/C16H18FNO4/c17-13-3-1-11(2-4-13)7-14(19)18-8-12-9-22-6-5-16(12,10-18)15(20)21/h1-4,12H,5-10H2,(H,20,21)/t12-,16+/m1/s1. The number of aliphatic carboxylic acids is 1. The minimum absolute atomic E-state index is 0.123. The largest absolute Gasteiger partial charge is 0.481 e. The molecule has 0 aromatic heterocycles. The molecule has 1 aromatic rings. The van der Waals surface area contributed by atoms with E-state index < -0.39 is 11.4 Å². The molecule has 22 heavy (non-hydrogen) atoms. The first kappa shape index (κ1) is 15.0. The predicted molar refractivity (Wildman–Crippen MR) is 75.7 cm³/mol. The van der Waals surface area contributed by atoms with Gasteiger partial charge in [-0.15, -0.1) is 0 Å². The van der Waals surface area contributed by atoms with Gasteiger partial charge in [-0.05, 0) is 24.1 Å². The summed E-state index contributed by atoms with van der Waals surface area (Å²) in [5.74, 6) is -1.47. The molecule has 1 aromatic carbocycles. The van der Waals surface area contributed by atoms with Crippen LogP contribution in [0.25, 0.3) is 0 Å². The summed E-state index contributed by atoms with van der Waals surface area (Å²) in [5.41, 5.74) is -0.154. The predicted octanol–water partition coefficient (Wildman–Crippen LogP) is 1.32. The Balaban J connectivity index is 1.72. The van der Waals surface area contributed by atoms with Gasteiger partial charge in [0.1, 0.15) is 5.82 Å². The summed E-state index contributed by atoms with van der Waals surface area (Å²) >= 11 is 0. The summed E-state index contributed by atoms with van der Waals surface area (Å²) in [5, 5.41) is 9.58. The van der Waals surface area contributed by atoms with Crippen LogP contribution in [0.3, 0.4) is 0 Å². The average molecular weight is 307 g/mol. The van der Waals surface area contributed by atoms with Gasteiger partial charge < -0.3 is 14.7 Å². The first-order valence-corrected chi connectivity index (χ1v) is 7.35. The van der Waals surface area contributed by atoms with E-state index in [1.807, 2.05) is 0 Å². The number of carbonyl (C=O) groups excluding carboxylic acids is 1. The highest BCUT2D eigenvalue weighted by atomic mass is 19.1. The van der Waals surface area contributed by atoms with Gasteiger partial charge in [-0.25, -0.2) is 4.39 Å².